The molecule has 0 atom stereocenters. The van der Waals surface area contributed by atoms with Crippen molar-refractivity contribution in [1.82, 2.24) is 14.9 Å². The van der Waals surface area contributed by atoms with Crippen LogP contribution in [0.5, 0.6) is 11.5 Å². The zero-order valence-electron chi connectivity index (χ0n) is 9.29. The van der Waals surface area contributed by atoms with Crippen LogP contribution in [-0.4, -0.2) is 33.3 Å². The van der Waals surface area contributed by atoms with E-state index in [2.05, 4.69) is 31.2 Å². The van der Waals surface area contributed by atoms with E-state index in [4.69, 9.17) is 17.0 Å². The van der Waals surface area contributed by atoms with Crippen molar-refractivity contribution in [3.63, 3.8) is 0 Å². The molecule has 0 aliphatic rings. The second-order valence-electron chi connectivity index (χ2n) is 3.30. The third-order valence-corrected chi connectivity index (χ3v) is 3.02. The van der Waals surface area contributed by atoms with Gasteiger partial charge in [0, 0.05) is 0 Å². The summed E-state index contributed by atoms with van der Waals surface area (Å²) in [6, 6.07) is 3.37. The van der Waals surface area contributed by atoms with Gasteiger partial charge < -0.3 is 9.84 Å². The van der Waals surface area contributed by atoms with Gasteiger partial charge in [0.1, 0.15) is 6.33 Å². The molecular weight excluding hydrogens is 320 g/mol. The fourth-order valence-corrected chi connectivity index (χ4v) is 1.88. The molecule has 0 fully saturated rings. The molecule has 1 aromatic carbocycles. The number of nitrogens with zero attached hydrogens (tertiary/aromatic N) is 3. The maximum Gasteiger partial charge on any atom is 0.216 e. The van der Waals surface area contributed by atoms with Crippen molar-refractivity contribution in [3.05, 3.63) is 33.3 Å². The predicted molar refractivity (Wildman–Crippen MR) is 72.8 cm³/mol. The van der Waals surface area contributed by atoms with Gasteiger partial charge in [-0.2, -0.15) is 14.9 Å². The number of methoxy groups -OCH3 is 1. The van der Waals surface area contributed by atoms with Gasteiger partial charge in [0.15, 0.2) is 11.5 Å². The van der Waals surface area contributed by atoms with E-state index < -0.39 is 0 Å². The molecule has 18 heavy (non-hydrogen) atoms. The SMILES string of the molecule is COc1cc(/C=N\n2cn[nH]c2=S)cc(Br)c1O. The smallest absolute Gasteiger partial charge is 0.216 e. The molecule has 1 heterocycles. The number of benzene rings is 1. The first-order valence-electron chi connectivity index (χ1n) is 4.84. The zero-order chi connectivity index (χ0) is 13.1. The van der Waals surface area contributed by atoms with E-state index in [1.807, 2.05) is 0 Å². The molecule has 0 bridgehead atoms. The molecule has 94 valence electrons. The third-order valence-electron chi connectivity index (χ3n) is 2.14. The van der Waals surface area contributed by atoms with Crippen LogP contribution in [0.4, 0.5) is 0 Å². The van der Waals surface area contributed by atoms with Gasteiger partial charge in [-0.25, -0.2) is 0 Å². The largest absolute Gasteiger partial charge is 0.503 e. The molecule has 2 N–H and O–H groups in total. The van der Waals surface area contributed by atoms with Crippen LogP contribution in [0.15, 0.2) is 28.0 Å². The molecule has 8 heteroatoms. The number of phenols is 1. The highest BCUT2D eigenvalue weighted by atomic mass is 79.9. The normalized spacial score (nSPS) is 11.0. The van der Waals surface area contributed by atoms with Crippen molar-refractivity contribution in [3.8, 4) is 11.5 Å². The summed E-state index contributed by atoms with van der Waals surface area (Å²) >= 11 is 8.19. The number of halogens is 1. The Balaban J connectivity index is 2.35. The Hall–Kier alpha value is -1.67. The highest BCUT2D eigenvalue weighted by Gasteiger charge is 2.07. The summed E-state index contributed by atoms with van der Waals surface area (Å²) in [6.07, 6.45) is 3.05. The van der Waals surface area contributed by atoms with Crippen LogP contribution in [0, 0.1) is 4.77 Å². The van der Waals surface area contributed by atoms with Crippen molar-refractivity contribution < 1.29 is 9.84 Å². The second kappa shape index (κ2) is 5.32. The van der Waals surface area contributed by atoms with Crippen molar-refractivity contribution in [1.29, 1.82) is 0 Å². The third kappa shape index (κ3) is 2.59. The molecule has 6 nitrogen and oxygen atoms in total. The Kier molecular flexibility index (Phi) is 3.78. The monoisotopic (exact) mass is 328 g/mol. The fraction of sp³-hybridized carbons (Fsp3) is 0.100. The summed E-state index contributed by atoms with van der Waals surface area (Å²) in [4.78, 5) is 0. The topological polar surface area (TPSA) is 75.4 Å². The number of phenolic OH excluding ortho intramolecular Hbond substituents is 1. The van der Waals surface area contributed by atoms with E-state index in [0.717, 1.165) is 5.56 Å². The first-order valence-corrected chi connectivity index (χ1v) is 6.05. The second-order valence-corrected chi connectivity index (χ2v) is 4.55. The standard InChI is InChI=1S/C10H9BrN4O2S/c1-17-8-3-6(2-7(11)9(8)16)4-13-15-5-12-14-10(15)18/h2-5,16H,1H3,(H,14,18)/b13-4-. The first-order chi connectivity index (χ1) is 8.61. The summed E-state index contributed by atoms with van der Waals surface area (Å²) in [5.74, 6) is 0.413. The Morgan fingerprint density at radius 1 is 1.61 bits per heavy atom. The van der Waals surface area contributed by atoms with Crippen LogP contribution < -0.4 is 4.74 Å². The lowest BCUT2D eigenvalue weighted by Gasteiger charge is -2.06. The Morgan fingerprint density at radius 2 is 2.39 bits per heavy atom. The van der Waals surface area contributed by atoms with Gasteiger partial charge in [-0.15, -0.1) is 0 Å². The summed E-state index contributed by atoms with van der Waals surface area (Å²) in [6.45, 7) is 0. The number of rotatable bonds is 3. The number of ether oxygens (including phenoxy) is 1. The molecule has 0 aliphatic carbocycles. The maximum absolute atomic E-state index is 9.67. The summed E-state index contributed by atoms with van der Waals surface area (Å²) < 4.78 is 7.38. The summed E-state index contributed by atoms with van der Waals surface area (Å²) in [5.41, 5.74) is 0.750. The van der Waals surface area contributed by atoms with E-state index in [1.54, 1.807) is 18.3 Å². The number of aromatic nitrogens is 3. The fourth-order valence-electron chi connectivity index (χ4n) is 1.28. The molecule has 2 rings (SSSR count). The van der Waals surface area contributed by atoms with Gasteiger partial charge in [-0.3, -0.25) is 5.10 Å². The molecule has 1 aromatic heterocycles. The van der Waals surface area contributed by atoms with Crippen LogP contribution in [-0.2, 0) is 0 Å². The van der Waals surface area contributed by atoms with Crippen molar-refractivity contribution in [2.75, 3.05) is 7.11 Å². The number of aromatic hydroxyl groups is 1. The Labute approximate surface area is 116 Å². The number of hydrogen-bond acceptors (Lipinski definition) is 5. The molecule has 0 amide bonds. The molecule has 0 radical (unpaired) electrons. The number of hydrogen-bond donors (Lipinski definition) is 2. The maximum atomic E-state index is 9.67. The van der Waals surface area contributed by atoms with E-state index in [-0.39, 0.29) is 5.75 Å². The lowest BCUT2D eigenvalue weighted by molar-refractivity contribution is 0.372. The number of nitrogens with one attached hydrogen (secondary N) is 1. The van der Waals surface area contributed by atoms with Crippen molar-refractivity contribution in [2.24, 2.45) is 5.10 Å². The lowest BCUT2D eigenvalue weighted by atomic mass is 10.2. The van der Waals surface area contributed by atoms with Gasteiger partial charge in [0.25, 0.3) is 0 Å². The van der Waals surface area contributed by atoms with Gasteiger partial charge in [0.2, 0.25) is 4.77 Å². The molecule has 0 aliphatic heterocycles. The molecule has 0 saturated carbocycles. The van der Waals surface area contributed by atoms with Gasteiger partial charge in [-0.05, 0) is 45.8 Å². The lowest BCUT2D eigenvalue weighted by Crippen LogP contribution is -1.91. The molecule has 0 saturated heterocycles. The highest BCUT2D eigenvalue weighted by molar-refractivity contribution is 9.10. The van der Waals surface area contributed by atoms with Crippen LogP contribution in [0.3, 0.4) is 0 Å². The number of H-pyrrole nitrogens is 1. The van der Waals surface area contributed by atoms with E-state index in [9.17, 15) is 5.11 Å². The molecule has 2 aromatic rings. The zero-order valence-corrected chi connectivity index (χ0v) is 11.7. The van der Waals surface area contributed by atoms with Gasteiger partial charge in [-0.1, -0.05) is 0 Å². The van der Waals surface area contributed by atoms with Gasteiger partial charge in [0.05, 0.1) is 17.8 Å². The van der Waals surface area contributed by atoms with Crippen LogP contribution in [0.2, 0.25) is 0 Å². The summed E-state index contributed by atoms with van der Waals surface area (Å²) in [7, 11) is 1.48. The molecule has 0 unspecified atom stereocenters. The highest BCUT2D eigenvalue weighted by Crippen LogP contribution is 2.34. The average molecular weight is 329 g/mol. The Bertz CT molecular complexity index is 650. The van der Waals surface area contributed by atoms with Crippen LogP contribution in [0.1, 0.15) is 5.56 Å². The van der Waals surface area contributed by atoms with E-state index >= 15 is 0 Å². The quantitative estimate of drug-likeness (QED) is 0.669. The predicted octanol–water partition coefficient (Wildman–Crippen LogP) is 2.30. The minimum Gasteiger partial charge on any atom is -0.503 e. The minimum atomic E-state index is 0.0505. The van der Waals surface area contributed by atoms with Crippen molar-refractivity contribution >= 4 is 34.4 Å². The van der Waals surface area contributed by atoms with Crippen LogP contribution in [0.25, 0.3) is 0 Å². The van der Waals surface area contributed by atoms with Gasteiger partial charge >= 0.3 is 0 Å². The summed E-state index contributed by atoms with van der Waals surface area (Å²) in [5, 5.41) is 20.1. The molecule has 0 spiro atoms. The van der Waals surface area contributed by atoms with Crippen molar-refractivity contribution in [2.45, 2.75) is 0 Å². The molecular formula is C10H9BrN4O2S. The average Bonchev–Trinajstić information content (AvgIpc) is 2.76. The van der Waals surface area contributed by atoms with E-state index in [1.165, 1.54) is 18.1 Å². The number of aromatic amines is 1. The van der Waals surface area contributed by atoms with E-state index in [0.29, 0.717) is 15.0 Å². The minimum absolute atomic E-state index is 0.0505. The Morgan fingerprint density at radius 3 is 3.00 bits per heavy atom. The van der Waals surface area contributed by atoms with Crippen LogP contribution >= 0.6 is 28.1 Å². The first kappa shape index (κ1) is 12.8.